The number of hydrogen-bond donors (Lipinski definition) is 2. The molecule has 0 saturated carbocycles. The van der Waals surface area contributed by atoms with Gasteiger partial charge in [-0.3, -0.25) is 4.79 Å². The van der Waals surface area contributed by atoms with Gasteiger partial charge in [-0.2, -0.15) is 0 Å². The summed E-state index contributed by atoms with van der Waals surface area (Å²) in [5.41, 5.74) is 4.22. The highest BCUT2D eigenvalue weighted by Gasteiger charge is 2.16. The summed E-state index contributed by atoms with van der Waals surface area (Å²) in [4.78, 5) is 14.6. The first-order valence-corrected chi connectivity index (χ1v) is 7.56. The van der Waals surface area contributed by atoms with Crippen molar-refractivity contribution in [1.29, 1.82) is 0 Å². The van der Waals surface area contributed by atoms with Crippen molar-refractivity contribution in [3.63, 3.8) is 0 Å². The van der Waals surface area contributed by atoms with E-state index in [1.54, 1.807) is 6.08 Å². The van der Waals surface area contributed by atoms with Gasteiger partial charge in [0.15, 0.2) is 0 Å². The normalized spacial score (nSPS) is 13.9. The molecule has 23 heavy (non-hydrogen) atoms. The average molecular weight is 304 g/mol. The molecule has 0 bridgehead atoms. The van der Waals surface area contributed by atoms with Crippen LogP contribution in [0.15, 0.2) is 60.8 Å². The lowest BCUT2D eigenvalue weighted by atomic mass is 10.1. The van der Waals surface area contributed by atoms with Crippen LogP contribution in [-0.2, 0) is 11.4 Å². The van der Waals surface area contributed by atoms with E-state index < -0.39 is 0 Å². The number of hydrogen-bond acceptors (Lipinski definition) is 2. The molecule has 1 aliphatic rings. The number of rotatable bonds is 4. The maximum absolute atomic E-state index is 11.4. The van der Waals surface area contributed by atoms with E-state index in [0.717, 1.165) is 33.4 Å². The molecule has 4 heteroatoms. The van der Waals surface area contributed by atoms with E-state index in [9.17, 15) is 4.79 Å². The number of ether oxygens (including phenoxy) is 1. The number of aromatic nitrogens is 1. The molecule has 114 valence electrons. The number of fused-ring (bicyclic) bond motifs is 1. The Morgan fingerprint density at radius 1 is 1.09 bits per heavy atom. The zero-order valence-electron chi connectivity index (χ0n) is 12.5. The van der Waals surface area contributed by atoms with E-state index >= 15 is 0 Å². The molecule has 4 rings (SSSR count). The van der Waals surface area contributed by atoms with Crippen molar-refractivity contribution in [3.8, 4) is 5.75 Å². The molecule has 1 aromatic heterocycles. The van der Waals surface area contributed by atoms with Crippen LogP contribution in [0, 0.1) is 0 Å². The van der Waals surface area contributed by atoms with Gasteiger partial charge < -0.3 is 15.0 Å². The minimum Gasteiger partial charge on any atom is -0.489 e. The summed E-state index contributed by atoms with van der Waals surface area (Å²) in [6, 6.07) is 16.1. The summed E-state index contributed by atoms with van der Waals surface area (Å²) in [7, 11) is 0. The molecule has 0 unspecified atom stereocenters. The third kappa shape index (κ3) is 2.71. The molecule has 4 nitrogen and oxygen atoms in total. The fourth-order valence-corrected chi connectivity index (χ4v) is 2.81. The Hall–Kier alpha value is -3.01. The molecule has 2 heterocycles. The molecule has 1 aliphatic heterocycles. The molecule has 0 fully saturated rings. The maximum Gasteiger partial charge on any atom is 0.244 e. The van der Waals surface area contributed by atoms with Crippen LogP contribution in [0.2, 0.25) is 0 Å². The first-order valence-electron chi connectivity index (χ1n) is 7.56. The maximum atomic E-state index is 11.4. The molecule has 0 saturated heterocycles. The fourth-order valence-electron chi connectivity index (χ4n) is 2.81. The van der Waals surface area contributed by atoms with Crippen molar-refractivity contribution in [3.05, 3.63) is 71.9 Å². The largest absolute Gasteiger partial charge is 0.489 e. The first-order chi connectivity index (χ1) is 11.3. The van der Waals surface area contributed by atoms with Gasteiger partial charge in [-0.15, -0.1) is 0 Å². The molecule has 2 N–H and O–H groups in total. The molecule has 2 aromatic carbocycles. The Labute approximate surface area is 133 Å². The standard InChI is InChI=1S/C19H16N2O2/c22-19-8-14(10-21-19)17-11-20-18-7-6-15(9-16(17)18)23-12-13-4-2-1-3-5-13/h1-9,11,20H,10,12H2,(H,21,22). The molecular formula is C19H16N2O2. The second kappa shape index (κ2) is 5.65. The Kier molecular flexibility index (Phi) is 3.35. The van der Waals surface area contributed by atoms with Crippen molar-refractivity contribution in [2.75, 3.05) is 6.54 Å². The number of amides is 1. The van der Waals surface area contributed by atoms with Crippen molar-refractivity contribution >= 4 is 22.4 Å². The van der Waals surface area contributed by atoms with Crippen molar-refractivity contribution in [2.24, 2.45) is 0 Å². The monoisotopic (exact) mass is 304 g/mol. The summed E-state index contributed by atoms with van der Waals surface area (Å²) in [6.07, 6.45) is 3.60. The van der Waals surface area contributed by atoms with Gasteiger partial charge in [0, 0.05) is 35.3 Å². The molecule has 0 atom stereocenters. The zero-order valence-corrected chi connectivity index (χ0v) is 12.5. The van der Waals surface area contributed by atoms with E-state index in [1.807, 2.05) is 54.7 Å². The van der Waals surface area contributed by atoms with E-state index in [0.29, 0.717) is 13.2 Å². The van der Waals surface area contributed by atoms with Gasteiger partial charge in [0.2, 0.25) is 5.91 Å². The van der Waals surface area contributed by atoms with Gasteiger partial charge in [-0.25, -0.2) is 0 Å². The topological polar surface area (TPSA) is 54.1 Å². The van der Waals surface area contributed by atoms with Crippen LogP contribution in [0.5, 0.6) is 5.75 Å². The average Bonchev–Trinajstić information content (AvgIpc) is 3.19. The number of aromatic amines is 1. The smallest absolute Gasteiger partial charge is 0.244 e. The van der Waals surface area contributed by atoms with Crippen LogP contribution < -0.4 is 10.1 Å². The van der Waals surface area contributed by atoms with E-state index in [2.05, 4.69) is 10.3 Å². The SMILES string of the molecule is O=C1C=C(c2c[nH]c3ccc(OCc4ccccc4)cc23)CN1. The van der Waals surface area contributed by atoms with Crippen molar-refractivity contribution in [2.45, 2.75) is 6.61 Å². The van der Waals surface area contributed by atoms with Gasteiger partial charge in [0.05, 0.1) is 0 Å². The first kappa shape index (κ1) is 13.6. The number of nitrogens with one attached hydrogen (secondary N) is 2. The summed E-state index contributed by atoms with van der Waals surface area (Å²) in [5, 5.41) is 3.88. The van der Waals surface area contributed by atoms with Gasteiger partial charge in [0.1, 0.15) is 12.4 Å². The summed E-state index contributed by atoms with van der Waals surface area (Å²) in [5.74, 6) is 0.783. The molecule has 1 amide bonds. The van der Waals surface area contributed by atoms with E-state index in [1.165, 1.54) is 0 Å². The van der Waals surface area contributed by atoms with Crippen LogP contribution in [-0.4, -0.2) is 17.4 Å². The predicted octanol–water partition coefficient (Wildman–Crippen LogP) is 3.26. The number of benzene rings is 2. The Morgan fingerprint density at radius 2 is 1.96 bits per heavy atom. The number of carbonyl (C=O) groups is 1. The summed E-state index contributed by atoms with van der Waals surface area (Å²) >= 11 is 0. The van der Waals surface area contributed by atoms with E-state index in [-0.39, 0.29) is 5.91 Å². The van der Waals surface area contributed by atoms with Gasteiger partial charge in [0.25, 0.3) is 0 Å². The predicted molar refractivity (Wildman–Crippen MR) is 90.1 cm³/mol. The quantitative estimate of drug-likeness (QED) is 0.777. The highest BCUT2D eigenvalue weighted by molar-refractivity contribution is 6.05. The molecular weight excluding hydrogens is 288 g/mol. The molecule has 0 radical (unpaired) electrons. The second-order valence-corrected chi connectivity index (χ2v) is 5.57. The number of carbonyl (C=O) groups excluding carboxylic acids is 1. The van der Waals surface area contributed by atoms with Crippen LogP contribution in [0.1, 0.15) is 11.1 Å². The van der Waals surface area contributed by atoms with Crippen molar-refractivity contribution in [1.82, 2.24) is 10.3 Å². The minimum absolute atomic E-state index is 0.0363. The lowest BCUT2D eigenvalue weighted by Crippen LogP contribution is -2.14. The Bertz CT molecular complexity index is 894. The van der Waals surface area contributed by atoms with Crippen LogP contribution in [0.3, 0.4) is 0 Å². The molecule has 0 aliphatic carbocycles. The highest BCUT2D eigenvalue weighted by Crippen LogP contribution is 2.29. The molecule has 3 aromatic rings. The fraction of sp³-hybridized carbons (Fsp3) is 0.105. The second-order valence-electron chi connectivity index (χ2n) is 5.57. The third-order valence-corrected chi connectivity index (χ3v) is 4.01. The minimum atomic E-state index is -0.0363. The summed E-state index contributed by atoms with van der Waals surface area (Å²) in [6.45, 7) is 1.11. The summed E-state index contributed by atoms with van der Waals surface area (Å²) < 4.78 is 5.89. The van der Waals surface area contributed by atoms with Crippen LogP contribution in [0.25, 0.3) is 16.5 Å². The lowest BCUT2D eigenvalue weighted by molar-refractivity contribution is -0.115. The zero-order chi connectivity index (χ0) is 15.6. The highest BCUT2D eigenvalue weighted by atomic mass is 16.5. The molecule has 0 spiro atoms. The Balaban J connectivity index is 1.62. The lowest BCUT2D eigenvalue weighted by Gasteiger charge is -2.07. The van der Waals surface area contributed by atoms with E-state index in [4.69, 9.17) is 4.74 Å². The van der Waals surface area contributed by atoms with Gasteiger partial charge >= 0.3 is 0 Å². The van der Waals surface area contributed by atoms with Crippen LogP contribution in [0.4, 0.5) is 0 Å². The Morgan fingerprint density at radius 3 is 2.74 bits per heavy atom. The van der Waals surface area contributed by atoms with Gasteiger partial charge in [-0.05, 0) is 29.3 Å². The van der Waals surface area contributed by atoms with Gasteiger partial charge in [-0.1, -0.05) is 30.3 Å². The van der Waals surface area contributed by atoms with Crippen molar-refractivity contribution < 1.29 is 9.53 Å². The van der Waals surface area contributed by atoms with Crippen LogP contribution >= 0.6 is 0 Å². The number of H-pyrrole nitrogens is 1. The third-order valence-electron chi connectivity index (χ3n) is 4.01.